The molecular formula is C47H86O12S. The summed E-state index contributed by atoms with van der Waals surface area (Å²) in [6.07, 6.45) is 32.2. The van der Waals surface area contributed by atoms with E-state index in [2.05, 4.69) is 38.2 Å². The Morgan fingerprint density at radius 1 is 0.550 bits per heavy atom. The van der Waals surface area contributed by atoms with Crippen LogP contribution in [0.4, 0.5) is 0 Å². The summed E-state index contributed by atoms with van der Waals surface area (Å²) < 4.78 is 54.1. The van der Waals surface area contributed by atoms with Crippen LogP contribution in [0.1, 0.15) is 206 Å². The third-order valence-corrected chi connectivity index (χ3v) is 11.8. The van der Waals surface area contributed by atoms with Crippen molar-refractivity contribution in [3.8, 4) is 0 Å². The molecule has 1 rings (SSSR count). The number of rotatable bonds is 40. The van der Waals surface area contributed by atoms with Crippen molar-refractivity contribution in [2.75, 3.05) is 19.0 Å². The Kier molecular flexibility index (Phi) is 35.2. The predicted octanol–water partition coefficient (Wildman–Crippen LogP) is 10.0. The Morgan fingerprint density at radius 3 is 1.40 bits per heavy atom. The van der Waals surface area contributed by atoms with Crippen LogP contribution in [0, 0.1) is 0 Å². The number of esters is 2. The Hall–Kier alpha value is -1.87. The van der Waals surface area contributed by atoms with Gasteiger partial charge >= 0.3 is 11.9 Å². The number of aliphatic hydroxyl groups excluding tert-OH is 3. The van der Waals surface area contributed by atoms with Crippen LogP contribution in [0.15, 0.2) is 24.3 Å². The van der Waals surface area contributed by atoms with Crippen LogP contribution < -0.4 is 0 Å². The fourth-order valence-electron chi connectivity index (χ4n) is 7.25. The lowest BCUT2D eigenvalue weighted by Gasteiger charge is -2.40. The molecule has 0 saturated carbocycles. The van der Waals surface area contributed by atoms with Gasteiger partial charge in [-0.15, -0.1) is 0 Å². The number of allylic oxidation sites excluding steroid dienone is 4. The molecule has 0 amide bonds. The van der Waals surface area contributed by atoms with Crippen LogP contribution in [-0.4, -0.2) is 96.0 Å². The normalized spacial score (nSPS) is 20.3. The molecule has 4 N–H and O–H groups in total. The van der Waals surface area contributed by atoms with Crippen molar-refractivity contribution in [1.29, 1.82) is 0 Å². The second kappa shape index (κ2) is 37.7. The molecule has 0 aromatic rings. The molecule has 13 heteroatoms. The number of hydrogen-bond donors (Lipinski definition) is 4. The molecule has 6 atom stereocenters. The zero-order chi connectivity index (χ0) is 44.1. The zero-order valence-electron chi connectivity index (χ0n) is 37.6. The standard InChI is InChI=1S/C47H86O12S/c1-3-5-7-9-11-13-15-17-19-20-22-23-25-27-29-31-33-35-42(48)56-37-40(38-57-47-46(52)45(51)44(50)41(59-47)39-60(53,54)55)58-43(49)36-34-32-30-28-26-24-21-18-16-14-12-10-8-6-4-2/h17,19,24,26,40-41,44-47,50-52H,3-16,18,20-23,25,27-39H2,1-2H3,(H,53,54,55)/b19-17+,26-24+/t40-,41-,44-,45?,46?,47+/m1/s1. The van der Waals surface area contributed by atoms with E-state index in [9.17, 15) is 37.9 Å². The number of hydrogen-bond acceptors (Lipinski definition) is 11. The Morgan fingerprint density at radius 2 is 0.950 bits per heavy atom. The highest BCUT2D eigenvalue weighted by Crippen LogP contribution is 2.24. The Bertz CT molecular complexity index is 1210. The zero-order valence-corrected chi connectivity index (χ0v) is 38.4. The van der Waals surface area contributed by atoms with E-state index in [1.54, 1.807) is 0 Å². The molecule has 0 aromatic carbocycles. The van der Waals surface area contributed by atoms with Gasteiger partial charge in [-0.25, -0.2) is 0 Å². The lowest BCUT2D eigenvalue weighted by molar-refractivity contribution is -0.297. The molecule has 60 heavy (non-hydrogen) atoms. The van der Waals surface area contributed by atoms with E-state index in [0.29, 0.717) is 12.8 Å². The number of carbonyl (C=O) groups excluding carboxylic acids is 2. The van der Waals surface area contributed by atoms with Gasteiger partial charge in [-0.2, -0.15) is 8.42 Å². The average Bonchev–Trinajstić information content (AvgIpc) is 3.21. The fourth-order valence-corrected chi connectivity index (χ4v) is 7.95. The molecule has 12 nitrogen and oxygen atoms in total. The Labute approximate surface area is 364 Å². The van der Waals surface area contributed by atoms with E-state index >= 15 is 0 Å². The van der Waals surface area contributed by atoms with Crippen LogP contribution in [0.5, 0.6) is 0 Å². The largest absolute Gasteiger partial charge is 0.462 e. The lowest BCUT2D eigenvalue weighted by atomic mass is 10.00. The van der Waals surface area contributed by atoms with Crippen LogP contribution in [0.25, 0.3) is 0 Å². The van der Waals surface area contributed by atoms with E-state index in [-0.39, 0.29) is 19.4 Å². The first-order chi connectivity index (χ1) is 29.0. The minimum Gasteiger partial charge on any atom is -0.462 e. The maximum atomic E-state index is 12.8. The van der Waals surface area contributed by atoms with Crippen LogP contribution >= 0.6 is 0 Å². The maximum Gasteiger partial charge on any atom is 0.306 e. The average molecular weight is 875 g/mol. The third-order valence-electron chi connectivity index (χ3n) is 11.0. The first kappa shape index (κ1) is 56.1. The predicted molar refractivity (Wildman–Crippen MR) is 238 cm³/mol. The highest BCUT2D eigenvalue weighted by Gasteiger charge is 2.46. The summed E-state index contributed by atoms with van der Waals surface area (Å²) in [5.74, 6) is -2.00. The Balaban J connectivity index is 2.43. The third kappa shape index (κ3) is 31.9. The van der Waals surface area contributed by atoms with Gasteiger partial charge in [-0.1, -0.05) is 154 Å². The molecule has 0 aromatic heterocycles. The minimum atomic E-state index is -4.60. The van der Waals surface area contributed by atoms with Crippen molar-refractivity contribution in [3.63, 3.8) is 0 Å². The first-order valence-electron chi connectivity index (χ1n) is 23.9. The number of carbonyl (C=O) groups is 2. The molecule has 1 saturated heterocycles. The van der Waals surface area contributed by atoms with Crippen LogP contribution in [0.3, 0.4) is 0 Å². The molecule has 1 aliphatic heterocycles. The summed E-state index contributed by atoms with van der Waals surface area (Å²) in [6, 6.07) is 0. The SMILES string of the molecule is CCCCCCCC/C=C/CCCCCCCCCC(=O)OC[C@H](CO[C@H]1O[C@H](CS(=O)(=O)O)[C@@H](O)C(O)C1O)OC(=O)CCCCC/C=C/CCCCCCCCCC. The summed E-state index contributed by atoms with van der Waals surface area (Å²) in [4.78, 5) is 25.4. The van der Waals surface area contributed by atoms with Crippen molar-refractivity contribution >= 4 is 22.1 Å². The quantitative estimate of drug-likeness (QED) is 0.0198. The summed E-state index contributed by atoms with van der Waals surface area (Å²) in [7, 11) is -4.60. The van der Waals surface area contributed by atoms with E-state index in [4.69, 9.17) is 18.9 Å². The van der Waals surface area contributed by atoms with Crippen molar-refractivity contribution in [3.05, 3.63) is 24.3 Å². The molecule has 0 spiro atoms. The molecular weight excluding hydrogens is 789 g/mol. The molecule has 2 unspecified atom stereocenters. The van der Waals surface area contributed by atoms with Crippen LogP contribution in [0.2, 0.25) is 0 Å². The van der Waals surface area contributed by atoms with Gasteiger partial charge in [0.15, 0.2) is 12.4 Å². The van der Waals surface area contributed by atoms with Gasteiger partial charge in [0, 0.05) is 12.8 Å². The van der Waals surface area contributed by atoms with Gasteiger partial charge < -0.3 is 34.3 Å². The number of ether oxygens (including phenoxy) is 4. The van der Waals surface area contributed by atoms with Gasteiger partial charge in [-0.05, 0) is 64.2 Å². The maximum absolute atomic E-state index is 12.8. The van der Waals surface area contributed by atoms with E-state index in [1.807, 2.05) is 0 Å². The molecule has 1 aliphatic rings. The lowest BCUT2D eigenvalue weighted by Crippen LogP contribution is -2.60. The van der Waals surface area contributed by atoms with Crippen molar-refractivity contribution < 1.29 is 56.8 Å². The van der Waals surface area contributed by atoms with Gasteiger partial charge in [0.05, 0.1) is 6.61 Å². The smallest absolute Gasteiger partial charge is 0.306 e. The van der Waals surface area contributed by atoms with Crippen molar-refractivity contribution in [2.45, 2.75) is 243 Å². The van der Waals surface area contributed by atoms with Gasteiger partial charge in [0.2, 0.25) is 0 Å². The highest BCUT2D eigenvalue weighted by atomic mass is 32.2. The van der Waals surface area contributed by atoms with E-state index in [1.165, 1.54) is 116 Å². The van der Waals surface area contributed by atoms with Gasteiger partial charge in [-0.3, -0.25) is 14.1 Å². The second-order valence-corrected chi connectivity index (χ2v) is 18.3. The van der Waals surface area contributed by atoms with Gasteiger partial charge in [0.25, 0.3) is 10.1 Å². The molecule has 352 valence electrons. The number of aliphatic hydroxyl groups is 3. The monoisotopic (exact) mass is 875 g/mol. The molecule has 1 heterocycles. The van der Waals surface area contributed by atoms with E-state index in [0.717, 1.165) is 51.4 Å². The minimum absolute atomic E-state index is 0.145. The number of unbranched alkanes of at least 4 members (excludes halogenated alkanes) is 24. The van der Waals surface area contributed by atoms with Crippen molar-refractivity contribution in [1.82, 2.24) is 0 Å². The van der Waals surface area contributed by atoms with Gasteiger partial charge in [0.1, 0.15) is 36.8 Å². The molecule has 1 fully saturated rings. The summed E-state index contributed by atoms with van der Waals surface area (Å²) in [5, 5.41) is 30.9. The van der Waals surface area contributed by atoms with Crippen molar-refractivity contribution in [2.24, 2.45) is 0 Å². The summed E-state index contributed by atoms with van der Waals surface area (Å²) in [6.45, 7) is 3.75. The van der Waals surface area contributed by atoms with E-state index < -0.39 is 71.2 Å². The first-order valence-corrected chi connectivity index (χ1v) is 25.5. The summed E-state index contributed by atoms with van der Waals surface area (Å²) in [5.41, 5.74) is 0. The van der Waals surface area contributed by atoms with Crippen LogP contribution in [-0.2, 0) is 38.7 Å². The molecule has 0 bridgehead atoms. The topological polar surface area (TPSA) is 186 Å². The fraction of sp³-hybridized carbons (Fsp3) is 0.872. The second-order valence-electron chi connectivity index (χ2n) is 16.8. The molecule has 0 aliphatic carbocycles. The highest BCUT2D eigenvalue weighted by molar-refractivity contribution is 7.85. The summed E-state index contributed by atoms with van der Waals surface area (Å²) >= 11 is 0. The molecule has 0 radical (unpaired) electrons.